The summed E-state index contributed by atoms with van der Waals surface area (Å²) in [4.78, 5) is 4.39. The van der Waals surface area contributed by atoms with Crippen LogP contribution < -0.4 is 5.32 Å². The number of hydrogen-bond acceptors (Lipinski definition) is 2. The average Bonchev–Trinajstić information content (AvgIpc) is 2.78. The monoisotopic (exact) mass is 419 g/mol. The summed E-state index contributed by atoms with van der Waals surface area (Å²) in [5.74, 6) is 1.07. The molecule has 0 radical (unpaired) electrons. The van der Waals surface area contributed by atoms with Crippen LogP contribution in [0.2, 0.25) is 0 Å². The summed E-state index contributed by atoms with van der Waals surface area (Å²) in [6, 6.07) is 6.26. The highest BCUT2D eigenvalue weighted by Crippen LogP contribution is 2.24. The van der Waals surface area contributed by atoms with Gasteiger partial charge in [0.25, 0.3) is 0 Å². The van der Waals surface area contributed by atoms with E-state index < -0.39 is 0 Å². The van der Waals surface area contributed by atoms with Crippen LogP contribution in [0.15, 0.2) is 35.1 Å². The predicted octanol–water partition coefficient (Wildman–Crippen LogP) is 4.27. The Labute approximate surface area is 129 Å². The van der Waals surface area contributed by atoms with Crippen LogP contribution in [-0.4, -0.2) is 9.55 Å². The van der Waals surface area contributed by atoms with Crippen LogP contribution in [-0.2, 0) is 13.1 Å². The number of halogens is 2. The summed E-state index contributed by atoms with van der Waals surface area (Å²) >= 11 is 5.86. The van der Waals surface area contributed by atoms with Crippen molar-refractivity contribution >= 4 is 44.2 Å². The third-order valence-corrected chi connectivity index (χ3v) is 3.99. The number of rotatable bonds is 5. The molecule has 0 spiro atoms. The number of aromatic nitrogens is 2. The molecule has 0 aliphatic heterocycles. The lowest BCUT2D eigenvalue weighted by Gasteiger charge is -2.10. The zero-order chi connectivity index (χ0) is 13.0. The first-order valence-electron chi connectivity index (χ1n) is 5.89. The van der Waals surface area contributed by atoms with E-state index in [9.17, 15) is 0 Å². The van der Waals surface area contributed by atoms with Crippen LogP contribution >= 0.6 is 38.5 Å². The minimum Gasteiger partial charge on any atom is -0.377 e. The molecule has 0 bridgehead atoms. The topological polar surface area (TPSA) is 29.9 Å². The molecule has 18 heavy (non-hydrogen) atoms. The van der Waals surface area contributed by atoms with Gasteiger partial charge in [0, 0.05) is 32.7 Å². The zero-order valence-corrected chi connectivity index (χ0v) is 13.9. The van der Waals surface area contributed by atoms with Crippen molar-refractivity contribution in [2.45, 2.75) is 26.4 Å². The summed E-state index contributed by atoms with van der Waals surface area (Å²) in [7, 11) is 0. The van der Waals surface area contributed by atoms with Crippen molar-refractivity contribution in [1.29, 1.82) is 0 Å². The van der Waals surface area contributed by atoms with Gasteiger partial charge in [-0.3, -0.25) is 0 Å². The number of nitrogens with zero attached hydrogens (tertiary/aromatic N) is 2. The highest BCUT2D eigenvalue weighted by atomic mass is 127. The van der Waals surface area contributed by atoms with E-state index in [0.29, 0.717) is 0 Å². The first kappa shape index (κ1) is 13.9. The first-order chi connectivity index (χ1) is 8.70. The SMILES string of the molecule is CCCn1ccnc1CNc1cc(I)ccc1Br. The van der Waals surface area contributed by atoms with Gasteiger partial charge >= 0.3 is 0 Å². The summed E-state index contributed by atoms with van der Waals surface area (Å²) in [6.07, 6.45) is 5.01. The maximum absolute atomic E-state index is 4.39. The minimum absolute atomic E-state index is 0.742. The molecular formula is C13H15BrIN3. The number of anilines is 1. The summed E-state index contributed by atoms with van der Waals surface area (Å²) in [5.41, 5.74) is 1.10. The van der Waals surface area contributed by atoms with Gasteiger partial charge in [-0.2, -0.15) is 0 Å². The Hall–Kier alpha value is -0.560. The summed E-state index contributed by atoms with van der Waals surface area (Å²) in [6.45, 7) is 3.93. The number of imidazole rings is 1. The van der Waals surface area contributed by atoms with Crippen molar-refractivity contribution < 1.29 is 0 Å². The van der Waals surface area contributed by atoms with Crippen LogP contribution in [0.4, 0.5) is 5.69 Å². The molecule has 0 saturated carbocycles. The van der Waals surface area contributed by atoms with Crippen LogP contribution in [0.1, 0.15) is 19.2 Å². The molecule has 0 aliphatic carbocycles. The van der Waals surface area contributed by atoms with E-state index in [-0.39, 0.29) is 0 Å². The molecule has 0 saturated heterocycles. The van der Waals surface area contributed by atoms with Gasteiger partial charge in [-0.1, -0.05) is 6.92 Å². The molecule has 3 nitrogen and oxygen atoms in total. The normalized spacial score (nSPS) is 10.6. The summed E-state index contributed by atoms with van der Waals surface area (Å²) in [5, 5.41) is 3.42. The van der Waals surface area contributed by atoms with E-state index in [1.165, 1.54) is 3.57 Å². The molecule has 1 aromatic carbocycles. The molecule has 0 atom stereocenters. The fourth-order valence-corrected chi connectivity index (χ4v) is 2.64. The largest absolute Gasteiger partial charge is 0.377 e. The molecule has 2 rings (SSSR count). The number of nitrogens with one attached hydrogen (secondary N) is 1. The van der Waals surface area contributed by atoms with Gasteiger partial charge in [0.05, 0.1) is 6.54 Å². The second-order valence-electron chi connectivity index (χ2n) is 4.01. The quantitative estimate of drug-likeness (QED) is 0.733. The molecule has 0 aliphatic rings. The Balaban J connectivity index is 2.06. The Morgan fingerprint density at radius 3 is 3.06 bits per heavy atom. The molecule has 0 unspecified atom stereocenters. The number of hydrogen-bond donors (Lipinski definition) is 1. The number of benzene rings is 1. The van der Waals surface area contributed by atoms with Crippen molar-refractivity contribution in [3.63, 3.8) is 0 Å². The Kier molecular flexibility index (Phi) is 5.05. The Morgan fingerprint density at radius 2 is 2.28 bits per heavy atom. The van der Waals surface area contributed by atoms with Crippen LogP contribution in [0.5, 0.6) is 0 Å². The predicted molar refractivity (Wildman–Crippen MR) is 86.7 cm³/mol. The lowest BCUT2D eigenvalue weighted by atomic mass is 10.3. The maximum Gasteiger partial charge on any atom is 0.128 e. The first-order valence-corrected chi connectivity index (χ1v) is 7.77. The Morgan fingerprint density at radius 1 is 1.44 bits per heavy atom. The van der Waals surface area contributed by atoms with Crippen molar-refractivity contribution in [3.05, 3.63) is 44.5 Å². The fourth-order valence-electron chi connectivity index (χ4n) is 1.76. The van der Waals surface area contributed by atoms with Crippen molar-refractivity contribution in [3.8, 4) is 0 Å². The molecule has 2 aromatic rings. The van der Waals surface area contributed by atoms with E-state index in [0.717, 1.165) is 35.5 Å². The minimum atomic E-state index is 0.742. The van der Waals surface area contributed by atoms with Gasteiger partial charge in [-0.25, -0.2) is 4.98 Å². The van der Waals surface area contributed by atoms with Crippen LogP contribution in [0.25, 0.3) is 0 Å². The van der Waals surface area contributed by atoms with E-state index in [4.69, 9.17) is 0 Å². The van der Waals surface area contributed by atoms with E-state index in [1.54, 1.807) is 0 Å². The van der Waals surface area contributed by atoms with E-state index in [1.807, 2.05) is 12.4 Å². The Bertz CT molecular complexity index is 525. The lowest BCUT2D eigenvalue weighted by molar-refractivity contribution is 0.644. The van der Waals surface area contributed by atoms with Gasteiger partial charge in [0.1, 0.15) is 5.82 Å². The average molecular weight is 420 g/mol. The highest BCUT2D eigenvalue weighted by molar-refractivity contribution is 14.1. The molecule has 0 amide bonds. The van der Waals surface area contributed by atoms with Crippen molar-refractivity contribution in [1.82, 2.24) is 9.55 Å². The van der Waals surface area contributed by atoms with Gasteiger partial charge in [-0.05, 0) is 63.1 Å². The molecule has 1 heterocycles. The van der Waals surface area contributed by atoms with Crippen LogP contribution in [0.3, 0.4) is 0 Å². The molecule has 5 heteroatoms. The number of aryl methyl sites for hydroxylation is 1. The third-order valence-electron chi connectivity index (χ3n) is 2.63. The second kappa shape index (κ2) is 6.56. The zero-order valence-electron chi connectivity index (χ0n) is 10.2. The lowest BCUT2D eigenvalue weighted by Crippen LogP contribution is -2.08. The van der Waals surface area contributed by atoms with Crippen molar-refractivity contribution in [2.24, 2.45) is 0 Å². The maximum atomic E-state index is 4.39. The van der Waals surface area contributed by atoms with E-state index >= 15 is 0 Å². The summed E-state index contributed by atoms with van der Waals surface area (Å²) < 4.78 is 4.49. The second-order valence-corrected chi connectivity index (χ2v) is 6.11. The molecule has 96 valence electrons. The molecule has 0 fully saturated rings. The van der Waals surface area contributed by atoms with Gasteiger partial charge in [0.2, 0.25) is 0 Å². The molecule has 1 N–H and O–H groups in total. The standard InChI is InChI=1S/C13H15BrIN3/c1-2-6-18-7-5-16-13(18)9-17-12-8-10(15)3-4-11(12)14/h3-5,7-8,17H,2,6,9H2,1H3. The van der Waals surface area contributed by atoms with Crippen LogP contribution in [0, 0.1) is 3.57 Å². The van der Waals surface area contributed by atoms with E-state index in [2.05, 4.69) is 78.5 Å². The molecule has 1 aromatic heterocycles. The smallest absolute Gasteiger partial charge is 0.128 e. The van der Waals surface area contributed by atoms with Gasteiger partial charge in [-0.15, -0.1) is 0 Å². The van der Waals surface area contributed by atoms with Crippen molar-refractivity contribution in [2.75, 3.05) is 5.32 Å². The third kappa shape index (κ3) is 3.47. The highest BCUT2D eigenvalue weighted by Gasteiger charge is 2.04. The fraction of sp³-hybridized carbons (Fsp3) is 0.308. The van der Waals surface area contributed by atoms with Gasteiger partial charge < -0.3 is 9.88 Å². The van der Waals surface area contributed by atoms with Gasteiger partial charge in [0.15, 0.2) is 0 Å². The molecular weight excluding hydrogens is 405 g/mol.